The lowest BCUT2D eigenvalue weighted by Gasteiger charge is -2.15. The average Bonchev–Trinajstić information content (AvgIpc) is 2.62. The standard InChI is InChI=1S/C18H18FNO5/c1-11(17(21)20-13-6-4-12(19)5-7-13)25-18(22)15-9-8-14(23-2)10-16(15)24-3/h4-11H,1-3H3,(H,20,21)/t11-/m0/s1. The molecule has 0 bridgehead atoms. The molecular formula is C18H18FNO5. The molecule has 0 saturated heterocycles. The maximum Gasteiger partial charge on any atom is 0.342 e. The number of carbonyl (C=O) groups excluding carboxylic acids is 2. The molecular weight excluding hydrogens is 329 g/mol. The molecule has 2 aromatic carbocycles. The van der Waals surface area contributed by atoms with Crippen LogP contribution in [0, 0.1) is 5.82 Å². The molecule has 0 radical (unpaired) electrons. The third-order valence-corrected chi connectivity index (χ3v) is 3.39. The van der Waals surface area contributed by atoms with Crippen LogP contribution in [-0.4, -0.2) is 32.2 Å². The van der Waals surface area contributed by atoms with Crippen LogP contribution in [0.15, 0.2) is 42.5 Å². The molecule has 0 fully saturated rings. The van der Waals surface area contributed by atoms with E-state index in [1.807, 2.05) is 0 Å². The predicted molar refractivity (Wildman–Crippen MR) is 89.5 cm³/mol. The van der Waals surface area contributed by atoms with Gasteiger partial charge in [-0.1, -0.05) is 0 Å². The number of methoxy groups -OCH3 is 2. The zero-order chi connectivity index (χ0) is 18.4. The van der Waals surface area contributed by atoms with Crippen LogP contribution in [-0.2, 0) is 9.53 Å². The lowest BCUT2D eigenvalue weighted by atomic mass is 10.2. The highest BCUT2D eigenvalue weighted by Crippen LogP contribution is 2.25. The molecule has 2 rings (SSSR count). The fourth-order valence-corrected chi connectivity index (χ4v) is 2.02. The quantitative estimate of drug-likeness (QED) is 0.813. The first-order chi connectivity index (χ1) is 11.9. The molecule has 0 aliphatic carbocycles. The summed E-state index contributed by atoms with van der Waals surface area (Å²) in [5.74, 6) is -0.858. The van der Waals surface area contributed by atoms with Gasteiger partial charge in [0.25, 0.3) is 5.91 Å². The van der Waals surface area contributed by atoms with Crippen molar-refractivity contribution < 1.29 is 28.2 Å². The van der Waals surface area contributed by atoms with E-state index in [1.165, 1.54) is 51.5 Å². The SMILES string of the molecule is COc1ccc(C(=O)O[C@@H](C)C(=O)Nc2ccc(F)cc2)c(OC)c1. The summed E-state index contributed by atoms with van der Waals surface area (Å²) in [5.41, 5.74) is 0.570. The number of nitrogens with one attached hydrogen (secondary N) is 1. The van der Waals surface area contributed by atoms with Crippen molar-refractivity contribution in [2.75, 3.05) is 19.5 Å². The molecule has 6 nitrogen and oxygen atoms in total. The Bertz CT molecular complexity index is 761. The molecule has 0 aliphatic rings. The highest BCUT2D eigenvalue weighted by atomic mass is 19.1. The number of hydrogen-bond donors (Lipinski definition) is 1. The third kappa shape index (κ3) is 4.69. The van der Waals surface area contributed by atoms with Gasteiger partial charge in [0.05, 0.1) is 14.2 Å². The van der Waals surface area contributed by atoms with Gasteiger partial charge in [-0.15, -0.1) is 0 Å². The fraction of sp³-hybridized carbons (Fsp3) is 0.222. The zero-order valence-corrected chi connectivity index (χ0v) is 14.0. The Morgan fingerprint density at radius 1 is 1.04 bits per heavy atom. The van der Waals surface area contributed by atoms with Crippen LogP contribution < -0.4 is 14.8 Å². The first-order valence-electron chi connectivity index (χ1n) is 7.44. The van der Waals surface area contributed by atoms with Crippen molar-refractivity contribution in [2.45, 2.75) is 13.0 Å². The summed E-state index contributed by atoms with van der Waals surface area (Å²) >= 11 is 0. The van der Waals surface area contributed by atoms with Gasteiger partial charge in [0, 0.05) is 11.8 Å². The Balaban J connectivity index is 2.04. The van der Waals surface area contributed by atoms with E-state index >= 15 is 0 Å². The normalized spacial score (nSPS) is 11.4. The molecule has 0 spiro atoms. The minimum absolute atomic E-state index is 0.171. The Morgan fingerprint density at radius 2 is 1.72 bits per heavy atom. The smallest absolute Gasteiger partial charge is 0.342 e. The van der Waals surface area contributed by atoms with Gasteiger partial charge in [-0.3, -0.25) is 4.79 Å². The van der Waals surface area contributed by atoms with Gasteiger partial charge in [0.2, 0.25) is 0 Å². The van der Waals surface area contributed by atoms with Crippen molar-refractivity contribution in [3.8, 4) is 11.5 Å². The number of benzene rings is 2. The van der Waals surface area contributed by atoms with Crippen LogP contribution in [0.2, 0.25) is 0 Å². The zero-order valence-electron chi connectivity index (χ0n) is 14.0. The van der Waals surface area contributed by atoms with Crippen LogP contribution in [0.4, 0.5) is 10.1 Å². The minimum atomic E-state index is -1.05. The second-order valence-electron chi connectivity index (χ2n) is 5.11. The topological polar surface area (TPSA) is 73.9 Å². The van der Waals surface area contributed by atoms with Gasteiger partial charge >= 0.3 is 5.97 Å². The van der Waals surface area contributed by atoms with Crippen LogP contribution in [0.25, 0.3) is 0 Å². The van der Waals surface area contributed by atoms with Gasteiger partial charge < -0.3 is 19.5 Å². The lowest BCUT2D eigenvalue weighted by molar-refractivity contribution is -0.123. The van der Waals surface area contributed by atoms with E-state index in [9.17, 15) is 14.0 Å². The summed E-state index contributed by atoms with van der Waals surface area (Å²) in [6, 6.07) is 9.87. The van der Waals surface area contributed by atoms with E-state index in [1.54, 1.807) is 12.1 Å². The lowest BCUT2D eigenvalue weighted by Crippen LogP contribution is -2.30. The molecule has 0 aromatic heterocycles. The monoisotopic (exact) mass is 347 g/mol. The molecule has 0 aliphatic heterocycles. The summed E-state index contributed by atoms with van der Waals surface area (Å²) in [7, 11) is 2.91. The van der Waals surface area contributed by atoms with E-state index in [-0.39, 0.29) is 11.3 Å². The van der Waals surface area contributed by atoms with Gasteiger partial charge in [0.1, 0.15) is 22.9 Å². The minimum Gasteiger partial charge on any atom is -0.497 e. The van der Waals surface area contributed by atoms with E-state index in [4.69, 9.17) is 14.2 Å². The molecule has 2 aromatic rings. The summed E-state index contributed by atoms with van der Waals surface area (Å²) in [4.78, 5) is 24.3. The first-order valence-corrected chi connectivity index (χ1v) is 7.44. The van der Waals surface area contributed by atoms with Gasteiger partial charge in [-0.05, 0) is 43.3 Å². The van der Waals surface area contributed by atoms with Crippen molar-refractivity contribution in [3.63, 3.8) is 0 Å². The van der Waals surface area contributed by atoms with Crippen molar-refractivity contribution in [3.05, 3.63) is 53.8 Å². The third-order valence-electron chi connectivity index (χ3n) is 3.39. The number of ether oxygens (including phenoxy) is 3. The maximum absolute atomic E-state index is 12.9. The van der Waals surface area contributed by atoms with Crippen LogP contribution in [0.1, 0.15) is 17.3 Å². The van der Waals surface area contributed by atoms with Crippen molar-refractivity contribution in [2.24, 2.45) is 0 Å². The number of esters is 1. The maximum atomic E-state index is 12.9. The van der Waals surface area contributed by atoms with Crippen molar-refractivity contribution in [1.82, 2.24) is 0 Å². The second-order valence-corrected chi connectivity index (χ2v) is 5.11. The Labute approximate surface area is 144 Å². The average molecular weight is 347 g/mol. The molecule has 1 N–H and O–H groups in total. The molecule has 0 unspecified atom stereocenters. The number of halogens is 1. The molecule has 132 valence electrons. The number of carbonyl (C=O) groups is 2. The van der Waals surface area contributed by atoms with Gasteiger partial charge in [-0.2, -0.15) is 0 Å². The number of amides is 1. The molecule has 7 heteroatoms. The van der Waals surface area contributed by atoms with E-state index in [0.29, 0.717) is 11.4 Å². The Morgan fingerprint density at radius 3 is 2.32 bits per heavy atom. The molecule has 0 heterocycles. The number of rotatable bonds is 6. The van der Waals surface area contributed by atoms with Gasteiger partial charge in [0.15, 0.2) is 6.10 Å². The molecule has 0 saturated carbocycles. The van der Waals surface area contributed by atoms with E-state index in [0.717, 1.165) is 0 Å². The predicted octanol–water partition coefficient (Wildman–Crippen LogP) is 3.03. The second kappa shape index (κ2) is 8.14. The molecule has 1 atom stereocenters. The van der Waals surface area contributed by atoms with Crippen LogP contribution >= 0.6 is 0 Å². The van der Waals surface area contributed by atoms with Crippen LogP contribution in [0.3, 0.4) is 0 Å². The summed E-state index contributed by atoms with van der Waals surface area (Å²) < 4.78 is 28.2. The summed E-state index contributed by atoms with van der Waals surface area (Å²) in [6.07, 6.45) is -1.05. The first kappa shape index (κ1) is 18.3. The number of hydrogen-bond acceptors (Lipinski definition) is 5. The van der Waals surface area contributed by atoms with E-state index in [2.05, 4.69) is 5.32 Å². The van der Waals surface area contributed by atoms with Gasteiger partial charge in [-0.25, -0.2) is 9.18 Å². The summed E-state index contributed by atoms with van der Waals surface area (Å²) in [5, 5.41) is 2.54. The summed E-state index contributed by atoms with van der Waals surface area (Å²) in [6.45, 7) is 1.44. The largest absolute Gasteiger partial charge is 0.497 e. The Kier molecular flexibility index (Phi) is 5.94. The van der Waals surface area contributed by atoms with E-state index < -0.39 is 23.8 Å². The van der Waals surface area contributed by atoms with Crippen LogP contribution in [0.5, 0.6) is 11.5 Å². The van der Waals surface area contributed by atoms with Crippen molar-refractivity contribution in [1.29, 1.82) is 0 Å². The Hall–Kier alpha value is -3.09. The molecule has 25 heavy (non-hydrogen) atoms. The molecule has 1 amide bonds. The highest BCUT2D eigenvalue weighted by Gasteiger charge is 2.22. The highest BCUT2D eigenvalue weighted by molar-refractivity contribution is 5.98. The van der Waals surface area contributed by atoms with Crippen molar-refractivity contribution >= 4 is 17.6 Å². The number of anilines is 1. The fourth-order valence-electron chi connectivity index (χ4n) is 2.02.